The number of fused-ring (bicyclic) bond motifs is 1. The van der Waals surface area contributed by atoms with E-state index in [1.54, 1.807) is 18.3 Å². The summed E-state index contributed by atoms with van der Waals surface area (Å²) in [4.78, 5) is 22.4. The first-order valence-corrected chi connectivity index (χ1v) is 13.6. The summed E-state index contributed by atoms with van der Waals surface area (Å²) >= 11 is 0. The Labute approximate surface area is 238 Å². The number of aromatic nitrogens is 4. The van der Waals surface area contributed by atoms with E-state index in [1.165, 1.54) is 13.1 Å². The zero-order valence-corrected chi connectivity index (χ0v) is 23.0. The lowest BCUT2D eigenvalue weighted by Gasteiger charge is -2.29. The highest BCUT2D eigenvalue weighted by molar-refractivity contribution is 5.80. The van der Waals surface area contributed by atoms with E-state index in [-0.39, 0.29) is 24.1 Å². The number of rotatable bonds is 9. The first-order chi connectivity index (χ1) is 19.9. The molecule has 1 aromatic carbocycles. The van der Waals surface area contributed by atoms with Gasteiger partial charge in [-0.25, -0.2) is 17.6 Å². The van der Waals surface area contributed by atoms with Crippen LogP contribution in [0, 0.1) is 18.6 Å². The molecule has 11 heteroatoms. The van der Waals surface area contributed by atoms with Crippen LogP contribution in [-0.4, -0.2) is 25.5 Å². The molecule has 0 radical (unpaired) electrons. The van der Waals surface area contributed by atoms with E-state index in [9.17, 15) is 31.1 Å². The fraction of sp³-hybridized carbons (Fsp3) is 0.355. The van der Waals surface area contributed by atoms with Gasteiger partial charge in [0.15, 0.2) is 5.78 Å². The number of nitrogens with zero attached hydrogens (tertiary/aromatic N) is 4. The molecule has 0 amide bonds. The number of aryl methyl sites for hydroxylation is 2. The number of alkyl halides is 4. The quantitative estimate of drug-likeness (QED) is 0.191. The van der Waals surface area contributed by atoms with E-state index >= 15 is 0 Å². The molecule has 1 aliphatic carbocycles. The fourth-order valence-electron chi connectivity index (χ4n) is 5.63. The molecule has 0 saturated carbocycles. The normalized spacial score (nSPS) is 16.2. The average molecular weight is 587 g/mol. The van der Waals surface area contributed by atoms with E-state index in [0.717, 1.165) is 30.3 Å². The van der Waals surface area contributed by atoms with E-state index in [2.05, 4.69) is 15.1 Å². The van der Waals surface area contributed by atoms with Crippen molar-refractivity contribution in [1.29, 1.82) is 0 Å². The number of Topliss-reactive ketones (excluding diaryl/α,β-unsaturated/α-hetero) is 1. The van der Waals surface area contributed by atoms with Crippen molar-refractivity contribution in [2.24, 2.45) is 0 Å². The highest BCUT2D eigenvalue weighted by Gasteiger charge is 2.53. The number of ketones is 1. The summed E-state index contributed by atoms with van der Waals surface area (Å²) in [5.74, 6) is -9.98. The molecule has 0 bridgehead atoms. The molecule has 5 nitrogen and oxygen atoms in total. The molecular weight excluding hydrogens is 558 g/mol. The van der Waals surface area contributed by atoms with Gasteiger partial charge in [0.05, 0.1) is 17.0 Å². The van der Waals surface area contributed by atoms with Crippen molar-refractivity contribution < 1.29 is 31.1 Å². The number of hydrogen-bond acceptors (Lipinski definition) is 4. The zero-order valence-electron chi connectivity index (χ0n) is 23.0. The molecule has 3 aromatic heterocycles. The molecule has 4 aromatic rings. The van der Waals surface area contributed by atoms with Crippen LogP contribution >= 0.6 is 0 Å². The number of pyridine rings is 2. The predicted octanol–water partition coefficient (Wildman–Crippen LogP) is 7.45. The van der Waals surface area contributed by atoms with E-state index in [4.69, 9.17) is 0 Å². The molecule has 42 heavy (non-hydrogen) atoms. The largest absolute Gasteiger partial charge is 0.298 e. The van der Waals surface area contributed by atoms with Crippen LogP contribution in [0.2, 0.25) is 0 Å². The zero-order chi connectivity index (χ0) is 30.2. The molecule has 0 unspecified atom stereocenters. The highest BCUT2D eigenvalue weighted by atomic mass is 19.3. The van der Waals surface area contributed by atoms with Crippen molar-refractivity contribution in [3.63, 3.8) is 0 Å². The van der Waals surface area contributed by atoms with Gasteiger partial charge >= 0.3 is 0 Å². The molecule has 0 saturated heterocycles. The lowest BCUT2D eigenvalue weighted by molar-refractivity contribution is -0.121. The summed E-state index contributed by atoms with van der Waals surface area (Å²) in [5, 5.41) is 3.90. The molecule has 0 N–H and O–H groups in total. The maximum atomic E-state index is 14.9. The smallest absolute Gasteiger partial charge is 0.290 e. The third kappa shape index (κ3) is 5.96. The van der Waals surface area contributed by atoms with Gasteiger partial charge in [0.2, 0.25) is 0 Å². The first kappa shape index (κ1) is 29.5. The molecule has 3 heterocycles. The molecular formula is C31H28F6N4O. The SMILES string of the molecule is CCc1ccc(-c2cccnc2[C@@H](CC(=O)Cn2nc(C)c3c2C(F)(F)CCC3(F)F)Cc2cc(F)cc(F)c2)cn1. The third-order valence-corrected chi connectivity index (χ3v) is 7.52. The van der Waals surface area contributed by atoms with Gasteiger partial charge in [-0.2, -0.15) is 13.9 Å². The van der Waals surface area contributed by atoms with Gasteiger partial charge in [-0.05, 0) is 49.6 Å². The lowest BCUT2D eigenvalue weighted by Crippen LogP contribution is -2.33. The van der Waals surface area contributed by atoms with Crippen LogP contribution in [0.3, 0.4) is 0 Å². The van der Waals surface area contributed by atoms with E-state index in [1.807, 2.05) is 19.1 Å². The molecule has 0 aliphatic heterocycles. The van der Waals surface area contributed by atoms with Crippen molar-refractivity contribution in [1.82, 2.24) is 19.7 Å². The Morgan fingerprint density at radius 2 is 1.71 bits per heavy atom. The summed E-state index contributed by atoms with van der Waals surface area (Å²) in [7, 11) is 0. The Morgan fingerprint density at radius 3 is 2.38 bits per heavy atom. The molecule has 0 spiro atoms. The van der Waals surface area contributed by atoms with Crippen molar-refractivity contribution in [3.8, 4) is 11.1 Å². The highest BCUT2D eigenvalue weighted by Crippen LogP contribution is 2.50. The van der Waals surface area contributed by atoms with Gasteiger partial charge < -0.3 is 0 Å². The van der Waals surface area contributed by atoms with Crippen molar-refractivity contribution in [2.45, 2.75) is 70.3 Å². The summed E-state index contributed by atoms with van der Waals surface area (Å²) in [6.45, 7) is 2.51. The number of halogens is 6. The number of carbonyl (C=O) groups is 1. The Hall–Kier alpha value is -4.02. The van der Waals surface area contributed by atoms with Crippen LogP contribution in [0.4, 0.5) is 26.3 Å². The number of carbonyl (C=O) groups excluding carboxylic acids is 1. The van der Waals surface area contributed by atoms with Gasteiger partial charge in [-0.1, -0.05) is 19.1 Å². The van der Waals surface area contributed by atoms with Crippen LogP contribution in [0.1, 0.15) is 66.0 Å². The summed E-state index contributed by atoms with van der Waals surface area (Å²) in [6.07, 6.45) is 1.55. The minimum atomic E-state index is -3.58. The van der Waals surface area contributed by atoms with Crippen LogP contribution < -0.4 is 0 Å². The van der Waals surface area contributed by atoms with Crippen molar-refractivity contribution in [3.05, 3.63) is 100 Å². The molecule has 220 valence electrons. The van der Waals surface area contributed by atoms with Crippen LogP contribution in [0.25, 0.3) is 11.1 Å². The van der Waals surface area contributed by atoms with Crippen LogP contribution in [-0.2, 0) is 36.0 Å². The maximum absolute atomic E-state index is 14.9. The third-order valence-electron chi connectivity index (χ3n) is 7.52. The van der Waals surface area contributed by atoms with Gasteiger partial charge in [-0.15, -0.1) is 0 Å². The Morgan fingerprint density at radius 1 is 1.00 bits per heavy atom. The average Bonchev–Trinajstić information content (AvgIpc) is 3.28. The lowest BCUT2D eigenvalue weighted by atomic mass is 9.87. The summed E-state index contributed by atoms with van der Waals surface area (Å²) < 4.78 is 87.7. The van der Waals surface area contributed by atoms with Gasteiger partial charge in [-0.3, -0.25) is 19.4 Å². The Balaban J connectivity index is 1.51. The Bertz CT molecular complexity index is 1600. The molecule has 1 atom stereocenters. The van der Waals surface area contributed by atoms with Crippen LogP contribution in [0.5, 0.6) is 0 Å². The second-order valence-corrected chi connectivity index (χ2v) is 10.6. The Kier molecular flexibility index (Phi) is 7.96. The van der Waals surface area contributed by atoms with E-state index in [0.29, 0.717) is 21.5 Å². The summed E-state index contributed by atoms with van der Waals surface area (Å²) in [6, 6.07) is 10.2. The second kappa shape index (κ2) is 11.3. The summed E-state index contributed by atoms with van der Waals surface area (Å²) in [5.41, 5.74) is 0.868. The topological polar surface area (TPSA) is 60.7 Å². The number of hydrogen-bond donors (Lipinski definition) is 0. The minimum absolute atomic E-state index is 0.00458. The maximum Gasteiger partial charge on any atom is 0.290 e. The van der Waals surface area contributed by atoms with Crippen LogP contribution in [0.15, 0.2) is 54.9 Å². The molecule has 1 aliphatic rings. The van der Waals surface area contributed by atoms with Gasteiger partial charge in [0.25, 0.3) is 11.8 Å². The first-order valence-electron chi connectivity index (χ1n) is 13.6. The van der Waals surface area contributed by atoms with E-state index < -0.39 is 65.8 Å². The second-order valence-electron chi connectivity index (χ2n) is 10.6. The van der Waals surface area contributed by atoms with Crippen molar-refractivity contribution >= 4 is 5.78 Å². The van der Waals surface area contributed by atoms with Gasteiger partial charge in [0, 0.05) is 60.5 Å². The number of benzene rings is 1. The molecule has 0 fully saturated rings. The fourth-order valence-corrected chi connectivity index (χ4v) is 5.63. The van der Waals surface area contributed by atoms with Crippen molar-refractivity contribution in [2.75, 3.05) is 0 Å². The predicted molar refractivity (Wildman–Crippen MR) is 143 cm³/mol. The monoisotopic (exact) mass is 586 g/mol. The van der Waals surface area contributed by atoms with Gasteiger partial charge in [0.1, 0.15) is 23.9 Å². The molecule has 5 rings (SSSR count). The standard InChI is InChI=1S/C31H28F6N4O/c1-3-24-7-6-20(16-39-24)26-5-4-10-38-28(26)21(11-19-12-22(32)15-23(33)13-19)14-25(42)17-41-29-27(18(2)40-41)30(34,35)8-9-31(29,36)37/h4-7,10,12-13,15-16,21H,3,8-9,11,14,17H2,1-2H3/t21-/m1/s1. The minimum Gasteiger partial charge on any atom is -0.298 e.